The molecule has 2 N–H and O–H groups in total. The summed E-state index contributed by atoms with van der Waals surface area (Å²) >= 11 is 0. The predicted octanol–water partition coefficient (Wildman–Crippen LogP) is 3.73. The number of nitrogens with two attached hydrogens (primary N) is 1. The molecule has 1 atom stereocenters. The molecule has 0 fully saturated rings. The van der Waals surface area contributed by atoms with Gasteiger partial charge in [-0.3, -0.25) is 0 Å². The Bertz CT molecular complexity index is 556. The van der Waals surface area contributed by atoms with E-state index in [0.29, 0.717) is 6.61 Å². The number of hydrogen-bond acceptors (Lipinski definition) is 3. The molecule has 0 radical (unpaired) electrons. The van der Waals surface area contributed by atoms with E-state index in [2.05, 4.69) is 19.1 Å². The summed E-state index contributed by atoms with van der Waals surface area (Å²) in [5, 5.41) is 0. The Morgan fingerprint density at radius 3 is 2.19 bits per heavy atom. The summed E-state index contributed by atoms with van der Waals surface area (Å²) in [4.78, 5) is 0. The minimum Gasteiger partial charge on any atom is -0.493 e. The first-order valence-electron chi connectivity index (χ1n) is 7.30. The Hall–Kier alpha value is -2.00. The number of rotatable bonds is 7. The Labute approximate surface area is 126 Å². The highest BCUT2D eigenvalue weighted by Gasteiger charge is 2.25. The second-order valence-corrected chi connectivity index (χ2v) is 5.13. The summed E-state index contributed by atoms with van der Waals surface area (Å²) < 4.78 is 11.1. The van der Waals surface area contributed by atoms with Gasteiger partial charge in [0.2, 0.25) is 0 Å². The molecule has 0 spiro atoms. The standard InChI is InChI=1S/C18H23NO2/c1-3-18(19,15-9-5-4-6-10-15)13-14-21-17-12-8-7-11-16(17)20-2/h4-12H,3,13-14,19H2,1-2H3. The van der Waals surface area contributed by atoms with Crippen LogP contribution in [0.25, 0.3) is 0 Å². The predicted molar refractivity (Wildman–Crippen MR) is 85.7 cm³/mol. The van der Waals surface area contributed by atoms with Gasteiger partial charge in [-0.1, -0.05) is 49.4 Å². The average Bonchev–Trinajstić information content (AvgIpc) is 2.56. The van der Waals surface area contributed by atoms with Gasteiger partial charge in [-0.15, -0.1) is 0 Å². The van der Waals surface area contributed by atoms with Crippen molar-refractivity contribution in [2.45, 2.75) is 25.3 Å². The fraction of sp³-hybridized carbons (Fsp3) is 0.333. The van der Waals surface area contributed by atoms with Crippen LogP contribution in [-0.4, -0.2) is 13.7 Å². The highest BCUT2D eigenvalue weighted by Crippen LogP contribution is 2.29. The van der Waals surface area contributed by atoms with E-state index in [1.165, 1.54) is 0 Å². The van der Waals surface area contributed by atoms with Crippen molar-refractivity contribution in [2.75, 3.05) is 13.7 Å². The Morgan fingerprint density at radius 2 is 1.57 bits per heavy atom. The van der Waals surface area contributed by atoms with E-state index in [9.17, 15) is 0 Å². The van der Waals surface area contributed by atoms with Crippen LogP contribution in [0.2, 0.25) is 0 Å². The third kappa shape index (κ3) is 3.76. The first-order valence-corrected chi connectivity index (χ1v) is 7.30. The smallest absolute Gasteiger partial charge is 0.161 e. The van der Waals surface area contributed by atoms with E-state index in [1.54, 1.807) is 7.11 Å². The van der Waals surface area contributed by atoms with Crippen LogP contribution in [0.15, 0.2) is 54.6 Å². The molecule has 0 aliphatic rings. The van der Waals surface area contributed by atoms with Crippen LogP contribution in [0.4, 0.5) is 0 Å². The van der Waals surface area contributed by atoms with Gasteiger partial charge in [0.15, 0.2) is 11.5 Å². The number of benzene rings is 2. The van der Waals surface area contributed by atoms with Gasteiger partial charge in [0.25, 0.3) is 0 Å². The van der Waals surface area contributed by atoms with Gasteiger partial charge >= 0.3 is 0 Å². The molecule has 112 valence electrons. The van der Waals surface area contributed by atoms with E-state index in [4.69, 9.17) is 15.2 Å². The molecule has 3 nitrogen and oxygen atoms in total. The van der Waals surface area contributed by atoms with E-state index < -0.39 is 0 Å². The van der Waals surface area contributed by atoms with E-state index in [-0.39, 0.29) is 5.54 Å². The fourth-order valence-corrected chi connectivity index (χ4v) is 2.38. The fourth-order valence-electron chi connectivity index (χ4n) is 2.38. The van der Waals surface area contributed by atoms with Crippen LogP contribution in [0.5, 0.6) is 11.5 Å². The molecule has 0 heterocycles. The maximum Gasteiger partial charge on any atom is 0.161 e. The van der Waals surface area contributed by atoms with Crippen molar-refractivity contribution in [3.05, 3.63) is 60.2 Å². The monoisotopic (exact) mass is 285 g/mol. The van der Waals surface area contributed by atoms with Crippen molar-refractivity contribution in [2.24, 2.45) is 5.73 Å². The minimum absolute atomic E-state index is 0.358. The molecule has 0 bridgehead atoms. The Morgan fingerprint density at radius 1 is 0.952 bits per heavy atom. The Balaban J connectivity index is 2.01. The van der Waals surface area contributed by atoms with Gasteiger partial charge in [0, 0.05) is 12.0 Å². The van der Waals surface area contributed by atoms with Crippen LogP contribution in [0.3, 0.4) is 0 Å². The number of ether oxygens (including phenoxy) is 2. The maximum atomic E-state index is 6.54. The van der Waals surface area contributed by atoms with E-state index >= 15 is 0 Å². The van der Waals surface area contributed by atoms with Crippen molar-refractivity contribution >= 4 is 0 Å². The lowest BCUT2D eigenvalue weighted by Gasteiger charge is -2.29. The number of methoxy groups -OCH3 is 1. The molecule has 3 heteroatoms. The average molecular weight is 285 g/mol. The summed E-state index contributed by atoms with van der Waals surface area (Å²) in [6.45, 7) is 2.66. The normalized spacial score (nSPS) is 13.5. The van der Waals surface area contributed by atoms with Crippen molar-refractivity contribution in [1.29, 1.82) is 0 Å². The van der Waals surface area contributed by atoms with Crippen LogP contribution in [-0.2, 0) is 5.54 Å². The van der Waals surface area contributed by atoms with Gasteiger partial charge in [-0.2, -0.15) is 0 Å². The molecule has 21 heavy (non-hydrogen) atoms. The van der Waals surface area contributed by atoms with Gasteiger partial charge < -0.3 is 15.2 Å². The molecule has 0 aliphatic carbocycles. The lowest BCUT2D eigenvalue weighted by Crippen LogP contribution is -2.37. The van der Waals surface area contributed by atoms with Crippen molar-refractivity contribution in [3.63, 3.8) is 0 Å². The summed E-state index contributed by atoms with van der Waals surface area (Å²) in [5.41, 5.74) is 7.33. The third-order valence-corrected chi connectivity index (χ3v) is 3.85. The highest BCUT2D eigenvalue weighted by molar-refractivity contribution is 5.39. The molecule has 2 aromatic carbocycles. The van der Waals surface area contributed by atoms with Gasteiger partial charge in [-0.25, -0.2) is 0 Å². The largest absolute Gasteiger partial charge is 0.493 e. The SMILES string of the molecule is CCC(N)(CCOc1ccccc1OC)c1ccccc1. The maximum absolute atomic E-state index is 6.54. The second kappa shape index (κ2) is 7.14. The van der Waals surface area contributed by atoms with Crippen LogP contribution < -0.4 is 15.2 Å². The number of para-hydroxylation sites is 2. The lowest BCUT2D eigenvalue weighted by molar-refractivity contribution is 0.243. The van der Waals surface area contributed by atoms with Gasteiger partial charge in [0.05, 0.1) is 13.7 Å². The molecule has 1 unspecified atom stereocenters. The summed E-state index contributed by atoms with van der Waals surface area (Å²) in [6.07, 6.45) is 1.62. The minimum atomic E-state index is -0.358. The molecule has 0 aromatic heterocycles. The zero-order chi connectivity index (χ0) is 15.1. The molecule has 2 aromatic rings. The third-order valence-electron chi connectivity index (χ3n) is 3.85. The molecule has 2 rings (SSSR count). The van der Waals surface area contributed by atoms with Crippen LogP contribution >= 0.6 is 0 Å². The van der Waals surface area contributed by atoms with Crippen molar-refractivity contribution in [1.82, 2.24) is 0 Å². The quantitative estimate of drug-likeness (QED) is 0.843. The van der Waals surface area contributed by atoms with Gasteiger partial charge in [0.1, 0.15) is 0 Å². The highest BCUT2D eigenvalue weighted by atomic mass is 16.5. The topological polar surface area (TPSA) is 44.5 Å². The van der Waals surface area contributed by atoms with Crippen LogP contribution in [0.1, 0.15) is 25.3 Å². The van der Waals surface area contributed by atoms with Crippen LogP contribution in [0, 0.1) is 0 Å². The van der Waals surface area contributed by atoms with Crippen molar-refractivity contribution in [3.8, 4) is 11.5 Å². The Kier molecular flexibility index (Phi) is 5.23. The molecule has 0 saturated carbocycles. The molecule has 0 aliphatic heterocycles. The van der Waals surface area contributed by atoms with Gasteiger partial charge in [-0.05, 0) is 24.1 Å². The first-order chi connectivity index (χ1) is 10.2. The molecular formula is C18H23NO2. The lowest BCUT2D eigenvalue weighted by atomic mass is 9.85. The second-order valence-electron chi connectivity index (χ2n) is 5.13. The zero-order valence-electron chi connectivity index (χ0n) is 12.7. The molecule has 0 saturated heterocycles. The van der Waals surface area contributed by atoms with E-state index in [1.807, 2.05) is 42.5 Å². The summed E-state index contributed by atoms with van der Waals surface area (Å²) in [6, 6.07) is 17.9. The summed E-state index contributed by atoms with van der Waals surface area (Å²) in [7, 11) is 1.64. The molecule has 0 amide bonds. The van der Waals surface area contributed by atoms with E-state index in [0.717, 1.165) is 29.9 Å². The van der Waals surface area contributed by atoms with Crippen molar-refractivity contribution < 1.29 is 9.47 Å². The summed E-state index contributed by atoms with van der Waals surface area (Å²) in [5.74, 6) is 1.50. The first kappa shape index (κ1) is 15.4. The zero-order valence-corrected chi connectivity index (χ0v) is 12.7. The molecular weight excluding hydrogens is 262 g/mol. The number of hydrogen-bond donors (Lipinski definition) is 1.